The number of aromatic nitrogens is 1. The van der Waals surface area contributed by atoms with Crippen LogP contribution in [0.5, 0.6) is 0 Å². The molecule has 0 bridgehead atoms. The van der Waals surface area contributed by atoms with E-state index in [9.17, 15) is 9.18 Å². The fourth-order valence-electron chi connectivity index (χ4n) is 2.00. The number of carbonyl (C=O) groups is 1. The molecule has 0 aliphatic heterocycles. The van der Waals surface area contributed by atoms with Crippen molar-refractivity contribution in [1.82, 2.24) is 10.3 Å². The van der Waals surface area contributed by atoms with Crippen molar-refractivity contribution in [2.45, 2.75) is 31.5 Å². The van der Waals surface area contributed by atoms with Crippen LogP contribution in [0.25, 0.3) is 0 Å². The highest BCUT2D eigenvalue weighted by molar-refractivity contribution is 5.94. The minimum absolute atomic E-state index is 0.0598. The Kier molecular flexibility index (Phi) is 3.88. The summed E-state index contributed by atoms with van der Waals surface area (Å²) < 4.78 is 18.4. The molecular formula is C12H16FN3O2. The molecule has 2 rings (SSSR count). The first-order chi connectivity index (χ1) is 8.61. The molecule has 1 heterocycles. The first-order valence-corrected chi connectivity index (χ1v) is 5.90. The molecule has 0 aromatic carbocycles. The first kappa shape index (κ1) is 12.9. The van der Waals surface area contributed by atoms with Gasteiger partial charge in [0.15, 0.2) is 0 Å². The maximum atomic E-state index is 12.9. The average Bonchev–Trinajstić information content (AvgIpc) is 2.35. The van der Waals surface area contributed by atoms with Gasteiger partial charge in [-0.2, -0.15) is 0 Å². The van der Waals surface area contributed by atoms with Gasteiger partial charge in [0.05, 0.1) is 23.9 Å². The maximum Gasteiger partial charge on any atom is 0.253 e. The highest BCUT2D eigenvalue weighted by atomic mass is 19.1. The van der Waals surface area contributed by atoms with E-state index in [0.29, 0.717) is 6.61 Å². The van der Waals surface area contributed by atoms with Crippen LogP contribution in [0, 0.1) is 5.82 Å². The van der Waals surface area contributed by atoms with E-state index in [0.717, 1.165) is 18.7 Å². The van der Waals surface area contributed by atoms with Gasteiger partial charge >= 0.3 is 0 Å². The van der Waals surface area contributed by atoms with Crippen LogP contribution in [0.3, 0.4) is 0 Å². The molecule has 1 aromatic rings. The third-order valence-electron chi connectivity index (χ3n) is 3.01. The molecule has 3 N–H and O–H groups in total. The third-order valence-corrected chi connectivity index (χ3v) is 3.01. The number of carbonyl (C=O) groups excluding carboxylic acids is 1. The molecule has 1 amide bonds. The van der Waals surface area contributed by atoms with E-state index in [1.165, 1.54) is 6.20 Å². The zero-order chi connectivity index (χ0) is 13.1. The smallest absolute Gasteiger partial charge is 0.253 e. The molecule has 0 radical (unpaired) electrons. The topological polar surface area (TPSA) is 77.2 Å². The third kappa shape index (κ3) is 2.65. The van der Waals surface area contributed by atoms with Crippen LogP contribution >= 0.6 is 0 Å². The Bertz CT molecular complexity index is 439. The summed E-state index contributed by atoms with van der Waals surface area (Å²) in [6.07, 6.45) is 3.03. The second-order valence-electron chi connectivity index (χ2n) is 4.28. The Morgan fingerprint density at radius 3 is 3.06 bits per heavy atom. The molecule has 1 fully saturated rings. The lowest BCUT2D eigenvalue weighted by atomic mass is 9.83. The van der Waals surface area contributed by atoms with Gasteiger partial charge in [0.2, 0.25) is 0 Å². The number of ether oxygens (including phenoxy) is 1. The first-order valence-electron chi connectivity index (χ1n) is 5.90. The highest BCUT2D eigenvalue weighted by Gasteiger charge is 2.40. The monoisotopic (exact) mass is 253 g/mol. The van der Waals surface area contributed by atoms with Crippen molar-refractivity contribution in [2.24, 2.45) is 5.73 Å². The molecule has 6 heteroatoms. The van der Waals surface area contributed by atoms with E-state index >= 15 is 0 Å². The predicted molar refractivity (Wildman–Crippen MR) is 63.5 cm³/mol. The molecular weight excluding hydrogens is 237 g/mol. The molecule has 5 nitrogen and oxygen atoms in total. The zero-order valence-electron chi connectivity index (χ0n) is 10.1. The molecule has 0 spiro atoms. The van der Waals surface area contributed by atoms with Crippen LogP contribution in [0.1, 0.15) is 23.7 Å². The average molecular weight is 253 g/mol. The SMILES string of the molecule is CCOC1CC(N)C1NC(=O)c1cncc(F)c1. The predicted octanol–water partition coefficient (Wildman–Crippen LogP) is 0.455. The van der Waals surface area contributed by atoms with E-state index < -0.39 is 5.82 Å². The fraction of sp³-hybridized carbons (Fsp3) is 0.500. The number of hydrogen-bond acceptors (Lipinski definition) is 4. The van der Waals surface area contributed by atoms with E-state index in [2.05, 4.69) is 10.3 Å². The molecule has 1 saturated carbocycles. The number of amides is 1. The van der Waals surface area contributed by atoms with Gasteiger partial charge in [-0.25, -0.2) is 4.39 Å². The normalized spacial score (nSPS) is 26.5. The Labute approximate surface area is 105 Å². The van der Waals surface area contributed by atoms with E-state index in [1.54, 1.807) is 0 Å². The van der Waals surface area contributed by atoms with Crippen molar-refractivity contribution in [3.05, 3.63) is 29.8 Å². The Hall–Kier alpha value is -1.53. The van der Waals surface area contributed by atoms with Crippen LogP contribution in [0.2, 0.25) is 0 Å². The van der Waals surface area contributed by atoms with Crippen LogP contribution in [-0.4, -0.2) is 35.7 Å². The standard InChI is InChI=1S/C12H16FN3O2/c1-2-18-10-4-9(14)11(10)16-12(17)7-3-8(13)6-15-5-7/h3,5-6,9-11H,2,4,14H2,1H3,(H,16,17). The number of rotatable bonds is 4. The minimum atomic E-state index is -0.540. The van der Waals surface area contributed by atoms with E-state index in [-0.39, 0.29) is 29.7 Å². The van der Waals surface area contributed by atoms with E-state index in [4.69, 9.17) is 10.5 Å². The number of nitrogens with two attached hydrogens (primary N) is 1. The van der Waals surface area contributed by atoms with Gasteiger partial charge in [-0.05, 0) is 19.4 Å². The second kappa shape index (κ2) is 5.41. The lowest BCUT2D eigenvalue weighted by Crippen LogP contribution is -2.64. The summed E-state index contributed by atoms with van der Waals surface area (Å²) >= 11 is 0. The lowest BCUT2D eigenvalue weighted by Gasteiger charge is -2.42. The molecule has 18 heavy (non-hydrogen) atoms. The Morgan fingerprint density at radius 1 is 1.67 bits per heavy atom. The van der Waals surface area contributed by atoms with Crippen LogP contribution in [-0.2, 0) is 4.74 Å². The number of nitrogens with zero attached hydrogens (tertiary/aromatic N) is 1. The van der Waals surface area contributed by atoms with Gasteiger partial charge in [0.25, 0.3) is 5.91 Å². The van der Waals surface area contributed by atoms with Crippen molar-refractivity contribution >= 4 is 5.91 Å². The van der Waals surface area contributed by atoms with E-state index in [1.807, 2.05) is 6.92 Å². The molecule has 3 atom stereocenters. The molecule has 1 aliphatic carbocycles. The van der Waals surface area contributed by atoms with Gasteiger partial charge in [-0.3, -0.25) is 9.78 Å². The van der Waals surface area contributed by atoms with Crippen molar-refractivity contribution in [1.29, 1.82) is 0 Å². The minimum Gasteiger partial charge on any atom is -0.376 e. The quantitative estimate of drug-likeness (QED) is 0.817. The summed E-state index contributed by atoms with van der Waals surface area (Å²) in [5.41, 5.74) is 6.00. The van der Waals surface area contributed by atoms with Crippen LogP contribution in [0.15, 0.2) is 18.5 Å². The summed E-state index contributed by atoms with van der Waals surface area (Å²) in [5.74, 6) is -0.922. The summed E-state index contributed by atoms with van der Waals surface area (Å²) in [5, 5.41) is 2.75. The van der Waals surface area contributed by atoms with Gasteiger partial charge < -0.3 is 15.8 Å². The number of nitrogens with one attached hydrogen (secondary N) is 1. The van der Waals surface area contributed by atoms with Crippen molar-refractivity contribution in [3.8, 4) is 0 Å². The van der Waals surface area contributed by atoms with Gasteiger partial charge in [-0.1, -0.05) is 0 Å². The molecule has 3 unspecified atom stereocenters. The maximum absolute atomic E-state index is 12.9. The summed E-state index contributed by atoms with van der Waals surface area (Å²) in [4.78, 5) is 15.5. The molecule has 0 saturated heterocycles. The summed E-state index contributed by atoms with van der Waals surface area (Å²) in [6.45, 7) is 2.46. The van der Waals surface area contributed by atoms with Crippen molar-refractivity contribution in [2.75, 3.05) is 6.61 Å². The number of halogens is 1. The van der Waals surface area contributed by atoms with Crippen LogP contribution < -0.4 is 11.1 Å². The molecule has 1 aliphatic rings. The van der Waals surface area contributed by atoms with Crippen LogP contribution in [0.4, 0.5) is 4.39 Å². The summed E-state index contributed by atoms with van der Waals surface area (Å²) in [7, 11) is 0. The Balaban J connectivity index is 1.98. The summed E-state index contributed by atoms with van der Waals surface area (Å²) in [6, 6.07) is 0.801. The van der Waals surface area contributed by atoms with Gasteiger partial charge in [0.1, 0.15) is 5.82 Å². The lowest BCUT2D eigenvalue weighted by molar-refractivity contribution is -0.0300. The zero-order valence-corrected chi connectivity index (χ0v) is 10.1. The van der Waals surface area contributed by atoms with Crippen molar-refractivity contribution in [3.63, 3.8) is 0 Å². The second-order valence-corrected chi connectivity index (χ2v) is 4.28. The fourth-order valence-corrected chi connectivity index (χ4v) is 2.00. The van der Waals surface area contributed by atoms with Crippen molar-refractivity contribution < 1.29 is 13.9 Å². The number of pyridine rings is 1. The number of hydrogen-bond donors (Lipinski definition) is 2. The Morgan fingerprint density at radius 2 is 2.44 bits per heavy atom. The van der Waals surface area contributed by atoms with Gasteiger partial charge in [-0.15, -0.1) is 0 Å². The van der Waals surface area contributed by atoms with Gasteiger partial charge in [0, 0.05) is 18.8 Å². The molecule has 98 valence electrons. The largest absolute Gasteiger partial charge is 0.376 e. The highest BCUT2D eigenvalue weighted by Crippen LogP contribution is 2.22. The molecule has 1 aromatic heterocycles.